The zero-order valence-electron chi connectivity index (χ0n) is 9.79. The van der Waals surface area contributed by atoms with E-state index in [4.69, 9.17) is 0 Å². The topological polar surface area (TPSA) is 70.7 Å². The lowest BCUT2D eigenvalue weighted by Crippen LogP contribution is -2.36. The average Bonchev–Trinajstić information content (AvgIpc) is 2.72. The number of nitrogens with zero attached hydrogens (tertiary/aromatic N) is 2. The van der Waals surface area contributed by atoms with Gasteiger partial charge in [-0.15, -0.1) is 0 Å². The molecule has 1 aliphatic carbocycles. The lowest BCUT2D eigenvalue weighted by Gasteiger charge is -2.20. The number of H-pyrrole nitrogens is 1. The number of fused-ring (bicyclic) bond motifs is 1. The van der Waals surface area contributed by atoms with Crippen molar-refractivity contribution in [1.82, 2.24) is 20.7 Å². The van der Waals surface area contributed by atoms with Crippen LogP contribution in [0.15, 0.2) is 0 Å². The molecule has 5 heteroatoms. The van der Waals surface area contributed by atoms with Gasteiger partial charge >= 0.3 is 0 Å². The first kappa shape index (κ1) is 11.1. The van der Waals surface area contributed by atoms with Gasteiger partial charge in [-0.05, 0) is 18.8 Å². The van der Waals surface area contributed by atoms with Gasteiger partial charge in [-0.2, -0.15) is 15.4 Å². The smallest absolute Gasteiger partial charge is 0.223 e. The maximum absolute atomic E-state index is 11.9. The minimum Gasteiger partial charge on any atom is -0.356 e. The van der Waals surface area contributed by atoms with Gasteiger partial charge in [-0.25, -0.2) is 0 Å². The summed E-state index contributed by atoms with van der Waals surface area (Å²) in [6, 6.07) is 0. The van der Waals surface area contributed by atoms with Crippen LogP contribution < -0.4 is 5.32 Å². The number of rotatable bonds is 3. The molecule has 1 atom stereocenters. The van der Waals surface area contributed by atoms with E-state index in [-0.39, 0.29) is 11.8 Å². The second-order valence-electron chi connectivity index (χ2n) is 4.80. The maximum Gasteiger partial charge on any atom is 0.223 e. The zero-order chi connectivity index (χ0) is 11.5. The quantitative estimate of drug-likeness (QED) is 0.790. The predicted molar refractivity (Wildman–Crippen MR) is 59.7 cm³/mol. The molecule has 88 valence electrons. The van der Waals surface area contributed by atoms with Gasteiger partial charge < -0.3 is 5.32 Å². The molecule has 0 radical (unpaired) electrons. The number of hydrogen-bond donors (Lipinski definition) is 2. The van der Waals surface area contributed by atoms with Crippen molar-refractivity contribution >= 4 is 5.91 Å². The average molecular weight is 222 g/mol. The first-order valence-electron chi connectivity index (χ1n) is 5.83. The van der Waals surface area contributed by atoms with Gasteiger partial charge in [0.15, 0.2) is 0 Å². The monoisotopic (exact) mass is 222 g/mol. The molecule has 0 saturated carbocycles. The van der Waals surface area contributed by atoms with Gasteiger partial charge in [-0.1, -0.05) is 13.8 Å². The molecule has 1 aromatic heterocycles. The Morgan fingerprint density at radius 1 is 1.50 bits per heavy atom. The maximum atomic E-state index is 11.9. The molecule has 0 aliphatic heterocycles. The Morgan fingerprint density at radius 3 is 3.00 bits per heavy atom. The second kappa shape index (κ2) is 4.63. The number of carbonyl (C=O) groups excluding carboxylic acids is 1. The molecule has 1 unspecified atom stereocenters. The summed E-state index contributed by atoms with van der Waals surface area (Å²) in [5.41, 5.74) is 1.98. The lowest BCUT2D eigenvalue weighted by atomic mass is 9.89. The minimum absolute atomic E-state index is 0.0661. The summed E-state index contributed by atoms with van der Waals surface area (Å²) in [4.78, 5) is 11.9. The lowest BCUT2D eigenvalue weighted by molar-refractivity contribution is -0.125. The van der Waals surface area contributed by atoms with Crippen molar-refractivity contribution in [3.8, 4) is 0 Å². The van der Waals surface area contributed by atoms with Crippen LogP contribution in [0, 0.1) is 11.8 Å². The van der Waals surface area contributed by atoms with Gasteiger partial charge in [0, 0.05) is 18.9 Å². The summed E-state index contributed by atoms with van der Waals surface area (Å²) in [5.74, 6) is 0.717. The molecule has 1 aromatic rings. The normalized spacial score (nSPS) is 19.6. The van der Waals surface area contributed by atoms with Crippen LogP contribution in [-0.4, -0.2) is 27.9 Å². The van der Waals surface area contributed by atoms with E-state index in [1.54, 1.807) is 0 Å². The van der Waals surface area contributed by atoms with E-state index in [1.807, 2.05) is 0 Å². The van der Waals surface area contributed by atoms with Crippen LogP contribution in [0.3, 0.4) is 0 Å². The third kappa shape index (κ3) is 2.40. The molecule has 0 saturated heterocycles. The summed E-state index contributed by atoms with van der Waals surface area (Å²) >= 11 is 0. The Labute approximate surface area is 95.0 Å². The highest BCUT2D eigenvalue weighted by Gasteiger charge is 2.26. The zero-order valence-corrected chi connectivity index (χ0v) is 9.79. The first-order valence-corrected chi connectivity index (χ1v) is 5.83. The van der Waals surface area contributed by atoms with E-state index in [2.05, 4.69) is 34.6 Å². The van der Waals surface area contributed by atoms with Gasteiger partial charge in [-0.3, -0.25) is 4.79 Å². The molecular formula is C11H18N4O. The van der Waals surface area contributed by atoms with E-state index in [0.717, 1.165) is 37.2 Å². The van der Waals surface area contributed by atoms with E-state index < -0.39 is 0 Å². The molecule has 0 bridgehead atoms. The highest BCUT2D eigenvalue weighted by Crippen LogP contribution is 2.22. The summed E-state index contributed by atoms with van der Waals surface area (Å²) in [6.07, 6.45) is 2.45. The van der Waals surface area contributed by atoms with Crippen molar-refractivity contribution < 1.29 is 4.79 Å². The van der Waals surface area contributed by atoms with Crippen molar-refractivity contribution in [2.24, 2.45) is 11.8 Å². The summed E-state index contributed by atoms with van der Waals surface area (Å²) in [7, 11) is 0. The minimum atomic E-state index is 0.0661. The molecule has 0 spiro atoms. The largest absolute Gasteiger partial charge is 0.356 e. The van der Waals surface area contributed by atoms with Gasteiger partial charge in [0.25, 0.3) is 0 Å². The van der Waals surface area contributed by atoms with Crippen LogP contribution >= 0.6 is 0 Å². The number of hydrogen-bond acceptors (Lipinski definition) is 3. The molecule has 1 aliphatic rings. The van der Waals surface area contributed by atoms with Crippen molar-refractivity contribution in [2.75, 3.05) is 6.54 Å². The Hall–Kier alpha value is -1.39. The predicted octanol–water partition coefficient (Wildman–Crippen LogP) is 0.682. The Balaban J connectivity index is 1.90. The Kier molecular flexibility index (Phi) is 3.22. The molecule has 16 heavy (non-hydrogen) atoms. The van der Waals surface area contributed by atoms with Crippen LogP contribution in [0.1, 0.15) is 31.7 Å². The highest BCUT2D eigenvalue weighted by molar-refractivity contribution is 5.79. The van der Waals surface area contributed by atoms with Crippen molar-refractivity contribution in [3.05, 3.63) is 11.4 Å². The van der Waals surface area contributed by atoms with Gasteiger partial charge in [0.2, 0.25) is 5.91 Å². The fraction of sp³-hybridized carbons (Fsp3) is 0.727. The van der Waals surface area contributed by atoms with E-state index in [9.17, 15) is 4.79 Å². The number of amides is 1. The number of nitrogens with one attached hydrogen (secondary N) is 2. The van der Waals surface area contributed by atoms with Crippen LogP contribution in [0.5, 0.6) is 0 Å². The van der Waals surface area contributed by atoms with Crippen molar-refractivity contribution in [2.45, 2.75) is 33.1 Å². The van der Waals surface area contributed by atoms with E-state index in [0.29, 0.717) is 5.92 Å². The summed E-state index contributed by atoms with van der Waals surface area (Å²) in [6.45, 7) is 4.94. The number of aromatic nitrogens is 3. The van der Waals surface area contributed by atoms with Crippen LogP contribution in [0.25, 0.3) is 0 Å². The van der Waals surface area contributed by atoms with Crippen LogP contribution in [0.2, 0.25) is 0 Å². The summed E-state index contributed by atoms with van der Waals surface area (Å²) < 4.78 is 0. The standard InChI is InChI=1S/C11H18N4O/c1-7(2)6-12-11(16)8-3-4-9-10(5-8)14-15-13-9/h7-8H,3-6H2,1-2H3,(H,12,16)(H,13,14,15). The molecule has 2 rings (SSSR count). The molecule has 0 fully saturated rings. The SMILES string of the molecule is CC(C)CNC(=O)C1CCc2n[nH]nc2C1. The summed E-state index contributed by atoms with van der Waals surface area (Å²) in [5, 5.41) is 13.7. The van der Waals surface area contributed by atoms with E-state index in [1.165, 1.54) is 0 Å². The molecule has 1 heterocycles. The molecule has 5 nitrogen and oxygen atoms in total. The van der Waals surface area contributed by atoms with Crippen molar-refractivity contribution in [3.63, 3.8) is 0 Å². The number of aryl methyl sites for hydroxylation is 1. The Morgan fingerprint density at radius 2 is 2.25 bits per heavy atom. The number of aromatic amines is 1. The van der Waals surface area contributed by atoms with E-state index >= 15 is 0 Å². The molecule has 1 amide bonds. The second-order valence-corrected chi connectivity index (χ2v) is 4.80. The molecule has 2 N–H and O–H groups in total. The molecule has 0 aromatic carbocycles. The molecular weight excluding hydrogens is 204 g/mol. The third-order valence-electron chi connectivity index (χ3n) is 2.93. The Bertz CT molecular complexity index is 372. The van der Waals surface area contributed by atoms with Crippen LogP contribution in [-0.2, 0) is 17.6 Å². The number of carbonyl (C=O) groups is 1. The van der Waals surface area contributed by atoms with Crippen molar-refractivity contribution in [1.29, 1.82) is 0 Å². The van der Waals surface area contributed by atoms with Gasteiger partial charge in [0.1, 0.15) is 0 Å². The fourth-order valence-electron chi connectivity index (χ4n) is 1.96. The first-order chi connectivity index (χ1) is 7.66. The van der Waals surface area contributed by atoms with Crippen LogP contribution in [0.4, 0.5) is 0 Å². The highest BCUT2D eigenvalue weighted by atomic mass is 16.1. The fourth-order valence-corrected chi connectivity index (χ4v) is 1.96. The third-order valence-corrected chi connectivity index (χ3v) is 2.93. The van der Waals surface area contributed by atoms with Gasteiger partial charge in [0.05, 0.1) is 11.4 Å².